The summed E-state index contributed by atoms with van der Waals surface area (Å²) < 4.78 is 18.5. The van der Waals surface area contributed by atoms with Gasteiger partial charge in [0, 0.05) is 31.7 Å². The molecule has 4 heteroatoms. The Hall–Kier alpha value is -1.42. The first-order chi connectivity index (χ1) is 10.6. The smallest absolute Gasteiger partial charge is 0.225 e. The molecule has 0 saturated carbocycles. The summed E-state index contributed by atoms with van der Waals surface area (Å²) in [4.78, 5) is 14.8. The summed E-state index contributed by atoms with van der Waals surface area (Å²) in [5, 5.41) is 0. The number of ether oxygens (including phenoxy) is 1. The van der Waals surface area contributed by atoms with E-state index in [9.17, 15) is 9.18 Å². The van der Waals surface area contributed by atoms with Gasteiger partial charge >= 0.3 is 0 Å². The van der Waals surface area contributed by atoms with Crippen LogP contribution in [0.3, 0.4) is 0 Å². The van der Waals surface area contributed by atoms with Crippen LogP contribution >= 0.6 is 0 Å². The van der Waals surface area contributed by atoms with Crippen molar-refractivity contribution in [1.29, 1.82) is 0 Å². The van der Waals surface area contributed by atoms with E-state index in [0.29, 0.717) is 19.8 Å². The minimum absolute atomic E-state index is 0.0355. The van der Waals surface area contributed by atoms with Crippen LogP contribution in [0.15, 0.2) is 24.3 Å². The summed E-state index contributed by atoms with van der Waals surface area (Å²) in [5.74, 6) is -0.00147. The normalized spacial score (nSPS) is 17.2. The molecule has 1 amide bonds. The van der Waals surface area contributed by atoms with Crippen molar-refractivity contribution in [1.82, 2.24) is 4.90 Å². The quantitative estimate of drug-likeness (QED) is 0.800. The highest BCUT2D eigenvalue weighted by Gasteiger charge is 2.28. The van der Waals surface area contributed by atoms with Gasteiger partial charge in [0.2, 0.25) is 5.91 Å². The van der Waals surface area contributed by atoms with Crippen LogP contribution in [0.5, 0.6) is 0 Å². The van der Waals surface area contributed by atoms with Gasteiger partial charge < -0.3 is 9.64 Å². The number of halogens is 1. The summed E-state index contributed by atoms with van der Waals surface area (Å²) in [6.45, 7) is 6.07. The van der Waals surface area contributed by atoms with Gasteiger partial charge in [-0.2, -0.15) is 0 Å². The van der Waals surface area contributed by atoms with Crippen molar-refractivity contribution < 1.29 is 13.9 Å². The van der Waals surface area contributed by atoms with Crippen LogP contribution in [0.25, 0.3) is 0 Å². The standard InChI is InChI=1S/C18H26FNO2/c1-3-4-14(2)18(21)20(17-9-11-22-12-10-17)13-15-5-7-16(19)8-6-15/h5-8,14,17H,3-4,9-13H2,1-2H3. The topological polar surface area (TPSA) is 29.5 Å². The zero-order valence-corrected chi connectivity index (χ0v) is 13.6. The van der Waals surface area contributed by atoms with Crippen LogP contribution in [0.1, 0.15) is 45.1 Å². The molecule has 0 radical (unpaired) electrons. The Balaban J connectivity index is 2.12. The molecule has 0 N–H and O–H groups in total. The van der Waals surface area contributed by atoms with Crippen molar-refractivity contribution >= 4 is 5.91 Å². The Morgan fingerprint density at radius 3 is 2.55 bits per heavy atom. The first-order valence-corrected chi connectivity index (χ1v) is 8.24. The molecule has 1 aliphatic rings. The fourth-order valence-corrected chi connectivity index (χ4v) is 3.01. The molecule has 1 aromatic carbocycles. The molecule has 1 aromatic rings. The van der Waals surface area contributed by atoms with Gasteiger partial charge in [-0.15, -0.1) is 0 Å². The van der Waals surface area contributed by atoms with Crippen LogP contribution in [0.4, 0.5) is 4.39 Å². The molecule has 0 aromatic heterocycles. The predicted molar refractivity (Wildman–Crippen MR) is 84.9 cm³/mol. The Labute approximate surface area is 132 Å². The van der Waals surface area contributed by atoms with E-state index in [0.717, 1.165) is 31.2 Å². The largest absolute Gasteiger partial charge is 0.381 e. The number of amides is 1. The molecular weight excluding hydrogens is 281 g/mol. The van der Waals surface area contributed by atoms with Gasteiger partial charge in [0.05, 0.1) is 0 Å². The maximum Gasteiger partial charge on any atom is 0.225 e. The van der Waals surface area contributed by atoms with E-state index >= 15 is 0 Å². The lowest BCUT2D eigenvalue weighted by Gasteiger charge is -2.36. The number of carbonyl (C=O) groups is 1. The fraction of sp³-hybridized carbons (Fsp3) is 0.611. The zero-order valence-electron chi connectivity index (χ0n) is 13.6. The molecule has 122 valence electrons. The van der Waals surface area contributed by atoms with E-state index in [1.54, 1.807) is 12.1 Å². The predicted octanol–water partition coefficient (Wildman–Crippen LogP) is 3.77. The van der Waals surface area contributed by atoms with Crippen LogP contribution in [0.2, 0.25) is 0 Å². The Morgan fingerprint density at radius 1 is 1.32 bits per heavy atom. The molecule has 0 spiro atoms. The van der Waals surface area contributed by atoms with Gasteiger partial charge in [-0.25, -0.2) is 4.39 Å². The third-order valence-electron chi connectivity index (χ3n) is 4.32. The SMILES string of the molecule is CCCC(C)C(=O)N(Cc1ccc(F)cc1)C1CCOCC1. The van der Waals surface area contributed by atoms with Gasteiger partial charge in [-0.3, -0.25) is 4.79 Å². The van der Waals surface area contributed by atoms with Crippen molar-refractivity contribution in [2.24, 2.45) is 5.92 Å². The van der Waals surface area contributed by atoms with Crippen LogP contribution < -0.4 is 0 Å². The minimum atomic E-state index is -0.243. The average molecular weight is 307 g/mol. The van der Waals surface area contributed by atoms with E-state index < -0.39 is 0 Å². The molecule has 1 saturated heterocycles. The van der Waals surface area contributed by atoms with Gasteiger partial charge in [-0.1, -0.05) is 32.4 Å². The van der Waals surface area contributed by atoms with Gasteiger partial charge in [-0.05, 0) is 37.0 Å². The van der Waals surface area contributed by atoms with Gasteiger partial charge in [0.25, 0.3) is 0 Å². The molecule has 1 unspecified atom stereocenters. The van der Waals surface area contributed by atoms with E-state index in [-0.39, 0.29) is 23.7 Å². The molecule has 1 fully saturated rings. The highest BCUT2D eigenvalue weighted by Crippen LogP contribution is 2.21. The van der Waals surface area contributed by atoms with Crippen molar-refractivity contribution in [3.8, 4) is 0 Å². The second-order valence-electron chi connectivity index (χ2n) is 6.13. The van der Waals surface area contributed by atoms with Crippen molar-refractivity contribution in [3.63, 3.8) is 0 Å². The third-order valence-corrected chi connectivity index (χ3v) is 4.32. The van der Waals surface area contributed by atoms with E-state index in [4.69, 9.17) is 4.74 Å². The molecule has 1 atom stereocenters. The molecule has 22 heavy (non-hydrogen) atoms. The monoisotopic (exact) mass is 307 g/mol. The van der Waals surface area contributed by atoms with Gasteiger partial charge in [0.15, 0.2) is 0 Å². The highest BCUT2D eigenvalue weighted by atomic mass is 19.1. The third kappa shape index (κ3) is 4.54. The number of benzene rings is 1. The van der Waals surface area contributed by atoms with Crippen molar-refractivity contribution in [2.75, 3.05) is 13.2 Å². The van der Waals surface area contributed by atoms with E-state index in [1.807, 2.05) is 11.8 Å². The number of hydrogen-bond acceptors (Lipinski definition) is 2. The van der Waals surface area contributed by atoms with Gasteiger partial charge in [0.1, 0.15) is 5.82 Å². The molecule has 1 heterocycles. The second-order valence-corrected chi connectivity index (χ2v) is 6.13. The number of carbonyl (C=O) groups excluding carboxylic acids is 1. The Bertz CT molecular complexity index is 468. The number of rotatable bonds is 6. The Kier molecular flexibility index (Phi) is 6.37. The summed E-state index contributed by atoms with van der Waals surface area (Å²) in [5.41, 5.74) is 0.977. The maximum atomic E-state index is 13.1. The van der Waals surface area contributed by atoms with E-state index in [1.165, 1.54) is 12.1 Å². The van der Waals surface area contributed by atoms with Crippen LogP contribution in [-0.4, -0.2) is 30.1 Å². The summed E-state index contributed by atoms with van der Waals surface area (Å²) >= 11 is 0. The summed E-state index contributed by atoms with van der Waals surface area (Å²) in [6, 6.07) is 6.67. The summed E-state index contributed by atoms with van der Waals surface area (Å²) in [6.07, 6.45) is 3.67. The van der Waals surface area contributed by atoms with Crippen molar-refractivity contribution in [3.05, 3.63) is 35.6 Å². The fourth-order valence-electron chi connectivity index (χ4n) is 3.01. The van der Waals surface area contributed by atoms with Crippen molar-refractivity contribution in [2.45, 2.75) is 52.1 Å². The second kappa shape index (κ2) is 8.28. The molecule has 0 aliphatic carbocycles. The Morgan fingerprint density at radius 2 is 1.95 bits per heavy atom. The lowest BCUT2D eigenvalue weighted by atomic mass is 9.99. The van der Waals surface area contributed by atoms with Crippen LogP contribution in [0, 0.1) is 11.7 Å². The lowest BCUT2D eigenvalue weighted by molar-refractivity contribution is -0.140. The van der Waals surface area contributed by atoms with E-state index in [2.05, 4.69) is 6.92 Å². The average Bonchev–Trinajstić information content (AvgIpc) is 2.55. The number of nitrogens with zero attached hydrogens (tertiary/aromatic N) is 1. The molecule has 1 aliphatic heterocycles. The zero-order chi connectivity index (χ0) is 15.9. The summed E-state index contributed by atoms with van der Waals surface area (Å²) in [7, 11) is 0. The maximum absolute atomic E-state index is 13.1. The molecule has 2 rings (SSSR count). The molecule has 0 bridgehead atoms. The van der Waals surface area contributed by atoms with Crippen LogP contribution in [-0.2, 0) is 16.1 Å². The lowest BCUT2D eigenvalue weighted by Crippen LogP contribution is -2.45. The minimum Gasteiger partial charge on any atom is -0.381 e. The first-order valence-electron chi connectivity index (χ1n) is 8.24. The molecular formula is C18H26FNO2. The highest BCUT2D eigenvalue weighted by molar-refractivity contribution is 5.78. The first kappa shape index (κ1) is 16.9. The molecule has 3 nitrogen and oxygen atoms in total. The number of hydrogen-bond donors (Lipinski definition) is 0.